The minimum Gasteiger partial charge on any atom is -0.378 e. The van der Waals surface area contributed by atoms with Gasteiger partial charge in [0.2, 0.25) is 5.91 Å². The average molecular weight is 234 g/mol. The second kappa shape index (κ2) is 6.28. The first kappa shape index (κ1) is 13.6. The molecule has 1 aromatic rings. The van der Waals surface area contributed by atoms with Gasteiger partial charge in [-0.15, -0.1) is 0 Å². The summed E-state index contributed by atoms with van der Waals surface area (Å²) in [7, 11) is 4.00. The standard InChI is InChI=1S/C14H22N2O/c1-4-5-6-13(14(15)17)11-7-9-12(10-8-11)16(2)3/h7-10,13H,4-6H2,1-3H3,(H2,15,17). The van der Waals surface area contributed by atoms with E-state index in [1.165, 1.54) is 0 Å². The van der Waals surface area contributed by atoms with E-state index < -0.39 is 0 Å². The third-order valence-electron chi connectivity index (χ3n) is 3.00. The number of amides is 1. The van der Waals surface area contributed by atoms with Crippen molar-refractivity contribution in [2.75, 3.05) is 19.0 Å². The van der Waals surface area contributed by atoms with Gasteiger partial charge in [0.05, 0.1) is 5.92 Å². The van der Waals surface area contributed by atoms with Crippen molar-refractivity contribution in [3.8, 4) is 0 Å². The van der Waals surface area contributed by atoms with Crippen molar-refractivity contribution in [3.63, 3.8) is 0 Å². The molecule has 0 saturated carbocycles. The summed E-state index contributed by atoms with van der Waals surface area (Å²) in [4.78, 5) is 13.5. The summed E-state index contributed by atoms with van der Waals surface area (Å²) in [6.45, 7) is 2.12. The van der Waals surface area contributed by atoms with Crippen molar-refractivity contribution in [1.29, 1.82) is 0 Å². The summed E-state index contributed by atoms with van der Waals surface area (Å²) in [5, 5.41) is 0. The Balaban J connectivity index is 2.83. The van der Waals surface area contributed by atoms with Gasteiger partial charge < -0.3 is 10.6 Å². The molecule has 3 heteroatoms. The molecule has 0 heterocycles. The monoisotopic (exact) mass is 234 g/mol. The molecule has 0 aromatic heterocycles. The number of anilines is 1. The van der Waals surface area contributed by atoms with Crippen LogP contribution >= 0.6 is 0 Å². The molecule has 0 aliphatic heterocycles. The van der Waals surface area contributed by atoms with E-state index in [9.17, 15) is 4.79 Å². The lowest BCUT2D eigenvalue weighted by atomic mass is 9.93. The summed E-state index contributed by atoms with van der Waals surface area (Å²) in [5.74, 6) is -0.373. The largest absolute Gasteiger partial charge is 0.378 e. The molecule has 0 aliphatic rings. The van der Waals surface area contributed by atoms with Crippen LogP contribution in [-0.2, 0) is 4.79 Å². The van der Waals surface area contributed by atoms with Gasteiger partial charge in [-0.05, 0) is 24.1 Å². The first-order chi connectivity index (χ1) is 8.06. The number of benzene rings is 1. The quantitative estimate of drug-likeness (QED) is 0.822. The van der Waals surface area contributed by atoms with Crippen LogP contribution in [0, 0.1) is 0 Å². The van der Waals surface area contributed by atoms with Crippen molar-refractivity contribution < 1.29 is 4.79 Å². The number of nitrogens with zero attached hydrogens (tertiary/aromatic N) is 1. The lowest BCUT2D eigenvalue weighted by molar-refractivity contribution is -0.119. The number of unbranched alkanes of at least 4 members (excludes halogenated alkanes) is 1. The minimum atomic E-state index is -0.226. The summed E-state index contributed by atoms with van der Waals surface area (Å²) in [5.41, 5.74) is 7.61. The Bertz CT molecular complexity index is 357. The van der Waals surface area contributed by atoms with Gasteiger partial charge in [-0.2, -0.15) is 0 Å². The number of carbonyl (C=O) groups is 1. The van der Waals surface area contributed by atoms with Crippen LogP contribution < -0.4 is 10.6 Å². The molecule has 0 aliphatic carbocycles. The number of hydrogen-bond donors (Lipinski definition) is 1. The molecule has 0 radical (unpaired) electrons. The number of carbonyl (C=O) groups excluding carboxylic acids is 1. The minimum absolute atomic E-state index is 0.147. The van der Waals surface area contributed by atoms with Crippen LogP contribution in [0.4, 0.5) is 5.69 Å². The molecular weight excluding hydrogens is 212 g/mol. The fraction of sp³-hybridized carbons (Fsp3) is 0.500. The average Bonchev–Trinajstić information content (AvgIpc) is 2.29. The highest BCUT2D eigenvalue weighted by Crippen LogP contribution is 2.24. The first-order valence-electron chi connectivity index (χ1n) is 6.12. The van der Waals surface area contributed by atoms with E-state index in [0.29, 0.717) is 0 Å². The zero-order valence-electron chi connectivity index (χ0n) is 10.9. The molecular formula is C14H22N2O. The van der Waals surface area contributed by atoms with Crippen LogP contribution in [0.1, 0.15) is 37.7 Å². The highest BCUT2D eigenvalue weighted by atomic mass is 16.1. The maximum Gasteiger partial charge on any atom is 0.224 e. The number of hydrogen-bond acceptors (Lipinski definition) is 2. The molecule has 1 atom stereocenters. The fourth-order valence-corrected chi connectivity index (χ4v) is 1.89. The van der Waals surface area contributed by atoms with Gasteiger partial charge in [-0.1, -0.05) is 31.9 Å². The molecule has 0 saturated heterocycles. The van der Waals surface area contributed by atoms with Crippen molar-refractivity contribution in [2.45, 2.75) is 32.1 Å². The smallest absolute Gasteiger partial charge is 0.224 e. The molecule has 1 aromatic carbocycles. The summed E-state index contributed by atoms with van der Waals surface area (Å²) >= 11 is 0. The van der Waals surface area contributed by atoms with Gasteiger partial charge in [0.25, 0.3) is 0 Å². The Morgan fingerprint density at radius 2 is 1.88 bits per heavy atom. The van der Waals surface area contributed by atoms with E-state index in [1.807, 2.05) is 43.3 Å². The highest BCUT2D eigenvalue weighted by Gasteiger charge is 2.16. The fourth-order valence-electron chi connectivity index (χ4n) is 1.89. The third-order valence-corrected chi connectivity index (χ3v) is 3.00. The number of nitrogens with two attached hydrogens (primary N) is 1. The zero-order chi connectivity index (χ0) is 12.8. The lowest BCUT2D eigenvalue weighted by Crippen LogP contribution is -2.21. The molecule has 0 fully saturated rings. The third kappa shape index (κ3) is 3.77. The highest BCUT2D eigenvalue weighted by molar-refractivity contribution is 5.82. The van der Waals surface area contributed by atoms with Crippen molar-refractivity contribution in [3.05, 3.63) is 29.8 Å². The summed E-state index contributed by atoms with van der Waals surface area (Å²) < 4.78 is 0. The van der Waals surface area contributed by atoms with E-state index in [1.54, 1.807) is 0 Å². The molecule has 2 N–H and O–H groups in total. The topological polar surface area (TPSA) is 46.3 Å². The van der Waals surface area contributed by atoms with Gasteiger partial charge >= 0.3 is 0 Å². The second-order valence-electron chi connectivity index (χ2n) is 4.58. The zero-order valence-corrected chi connectivity index (χ0v) is 10.9. The molecule has 1 amide bonds. The number of primary amides is 1. The summed E-state index contributed by atoms with van der Waals surface area (Å²) in [6, 6.07) is 8.05. The lowest BCUT2D eigenvalue weighted by Gasteiger charge is -2.16. The van der Waals surface area contributed by atoms with Gasteiger partial charge in [0.1, 0.15) is 0 Å². The molecule has 94 valence electrons. The number of rotatable bonds is 6. The van der Waals surface area contributed by atoms with Crippen LogP contribution in [-0.4, -0.2) is 20.0 Å². The Kier molecular flexibility index (Phi) is 5.01. The first-order valence-corrected chi connectivity index (χ1v) is 6.12. The molecule has 17 heavy (non-hydrogen) atoms. The Hall–Kier alpha value is -1.51. The van der Waals surface area contributed by atoms with E-state index in [-0.39, 0.29) is 11.8 Å². The predicted molar refractivity (Wildman–Crippen MR) is 72.2 cm³/mol. The molecule has 1 rings (SSSR count). The molecule has 1 unspecified atom stereocenters. The van der Waals surface area contributed by atoms with Gasteiger partial charge in [0.15, 0.2) is 0 Å². The van der Waals surface area contributed by atoms with E-state index in [0.717, 1.165) is 30.5 Å². The van der Waals surface area contributed by atoms with Crippen LogP contribution in [0.5, 0.6) is 0 Å². The van der Waals surface area contributed by atoms with Crippen LogP contribution in [0.3, 0.4) is 0 Å². The molecule has 0 bridgehead atoms. The van der Waals surface area contributed by atoms with Crippen molar-refractivity contribution in [2.24, 2.45) is 5.73 Å². The van der Waals surface area contributed by atoms with Crippen LogP contribution in [0.15, 0.2) is 24.3 Å². The molecule has 3 nitrogen and oxygen atoms in total. The van der Waals surface area contributed by atoms with Gasteiger partial charge in [-0.3, -0.25) is 4.79 Å². The van der Waals surface area contributed by atoms with Crippen molar-refractivity contribution >= 4 is 11.6 Å². The van der Waals surface area contributed by atoms with E-state index >= 15 is 0 Å². The van der Waals surface area contributed by atoms with E-state index in [2.05, 4.69) is 6.92 Å². The van der Waals surface area contributed by atoms with E-state index in [4.69, 9.17) is 5.73 Å². The molecule has 0 spiro atoms. The van der Waals surface area contributed by atoms with Crippen LogP contribution in [0.2, 0.25) is 0 Å². The Labute approximate surface area is 104 Å². The predicted octanol–water partition coefficient (Wildman–Crippen LogP) is 2.51. The SMILES string of the molecule is CCCCC(C(N)=O)c1ccc(N(C)C)cc1. The van der Waals surface area contributed by atoms with Crippen molar-refractivity contribution in [1.82, 2.24) is 0 Å². The van der Waals surface area contributed by atoms with Crippen LogP contribution in [0.25, 0.3) is 0 Å². The second-order valence-corrected chi connectivity index (χ2v) is 4.58. The Morgan fingerprint density at radius 3 is 2.29 bits per heavy atom. The maximum atomic E-state index is 11.4. The van der Waals surface area contributed by atoms with Gasteiger partial charge in [-0.25, -0.2) is 0 Å². The summed E-state index contributed by atoms with van der Waals surface area (Å²) in [6.07, 6.45) is 2.95. The maximum absolute atomic E-state index is 11.4. The normalized spacial score (nSPS) is 12.2. The van der Waals surface area contributed by atoms with Gasteiger partial charge in [0, 0.05) is 19.8 Å². The Morgan fingerprint density at radius 1 is 1.29 bits per heavy atom.